The Morgan fingerprint density at radius 2 is 2.13 bits per heavy atom. The average molecular weight is 231 g/mol. The molecule has 0 amide bonds. The number of rotatable bonds is 4. The molecule has 0 aromatic rings. The number of carbonyl (C=O) groups is 1. The number of hydrogen-bond acceptors (Lipinski definition) is 3. The second kappa shape index (κ2) is 5.21. The number of aliphatic carboxylic acids is 1. The fourth-order valence-corrected chi connectivity index (χ4v) is 3.87. The monoisotopic (exact) mass is 231 g/mol. The molecule has 0 bridgehead atoms. The summed E-state index contributed by atoms with van der Waals surface area (Å²) in [6.07, 6.45) is 1.80. The van der Waals surface area contributed by atoms with E-state index in [1.54, 1.807) is 11.8 Å². The Morgan fingerprint density at radius 3 is 2.53 bits per heavy atom. The second-order valence-corrected chi connectivity index (χ2v) is 5.47. The molecule has 0 saturated carbocycles. The van der Waals surface area contributed by atoms with Gasteiger partial charge in [0.2, 0.25) is 0 Å². The van der Waals surface area contributed by atoms with Crippen LogP contribution < -0.4 is 0 Å². The molecule has 0 aliphatic carbocycles. The molecule has 1 aliphatic heterocycles. The standard InChI is InChI=1S/C11H21NO2S/c1-4-12(5-2)11(10(13)14)7-6-8-15-9(11)3/h9H,4-8H2,1-3H3,(H,13,14). The van der Waals surface area contributed by atoms with E-state index in [-0.39, 0.29) is 5.25 Å². The van der Waals surface area contributed by atoms with Crippen molar-refractivity contribution >= 4 is 17.7 Å². The van der Waals surface area contributed by atoms with Gasteiger partial charge in [0.25, 0.3) is 0 Å². The van der Waals surface area contributed by atoms with E-state index in [9.17, 15) is 9.90 Å². The van der Waals surface area contributed by atoms with Crippen LogP contribution in [0.1, 0.15) is 33.6 Å². The van der Waals surface area contributed by atoms with E-state index in [0.717, 1.165) is 31.7 Å². The summed E-state index contributed by atoms with van der Waals surface area (Å²) < 4.78 is 0. The molecule has 88 valence electrons. The van der Waals surface area contributed by atoms with Crippen molar-refractivity contribution < 1.29 is 9.90 Å². The van der Waals surface area contributed by atoms with Crippen molar-refractivity contribution in [1.82, 2.24) is 4.90 Å². The highest BCUT2D eigenvalue weighted by atomic mass is 32.2. The van der Waals surface area contributed by atoms with Crippen molar-refractivity contribution in [3.05, 3.63) is 0 Å². The van der Waals surface area contributed by atoms with Crippen LogP contribution in [0.4, 0.5) is 0 Å². The highest BCUT2D eigenvalue weighted by Gasteiger charge is 2.49. The van der Waals surface area contributed by atoms with E-state index in [2.05, 4.69) is 11.8 Å². The van der Waals surface area contributed by atoms with Gasteiger partial charge in [0, 0.05) is 5.25 Å². The molecule has 1 rings (SSSR count). The lowest BCUT2D eigenvalue weighted by molar-refractivity contribution is -0.152. The fraction of sp³-hybridized carbons (Fsp3) is 0.909. The maximum absolute atomic E-state index is 11.6. The van der Waals surface area contributed by atoms with Crippen molar-refractivity contribution in [3.8, 4) is 0 Å². The van der Waals surface area contributed by atoms with Crippen LogP contribution in [0.15, 0.2) is 0 Å². The van der Waals surface area contributed by atoms with E-state index in [0.29, 0.717) is 0 Å². The lowest BCUT2D eigenvalue weighted by Gasteiger charge is -2.46. The molecule has 0 spiro atoms. The van der Waals surface area contributed by atoms with Gasteiger partial charge >= 0.3 is 5.97 Å². The number of likely N-dealkylation sites (N-methyl/N-ethyl adjacent to an activating group) is 1. The van der Waals surface area contributed by atoms with Crippen LogP contribution in [0.3, 0.4) is 0 Å². The quantitative estimate of drug-likeness (QED) is 0.804. The molecule has 0 aromatic heterocycles. The number of thioether (sulfide) groups is 1. The zero-order valence-electron chi connectivity index (χ0n) is 9.82. The molecule has 0 radical (unpaired) electrons. The highest BCUT2D eigenvalue weighted by Crippen LogP contribution is 2.38. The summed E-state index contributed by atoms with van der Waals surface area (Å²) in [5.41, 5.74) is -0.633. The third kappa shape index (κ3) is 2.16. The van der Waals surface area contributed by atoms with Crippen LogP contribution in [0, 0.1) is 0 Å². The lowest BCUT2D eigenvalue weighted by atomic mass is 9.87. The summed E-state index contributed by atoms with van der Waals surface area (Å²) in [7, 11) is 0. The molecule has 2 atom stereocenters. The van der Waals surface area contributed by atoms with Gasteiger partial charge in [-0.05, 0) is 31.7 Å². The Morgan fingerprint density at radius 1 is 1.53 bits per heavy atom. The van der Waals surface area contributed by atoms with E-state index in [1.807, 2.05) is 13.8 Å². The topological polar surface area (TPSA) is 40.5 Å². The Balaban J connectivity index is 2.99. The van der Waals surface area contributed by atoms with Crippen molar-refractivity contribution in [2.24, 2.45) is 0 Å². The normalized spacial score (nSPS) is 31.9. The first-order valence-corrected chi connectivity index (χ1v) is 6.74. The molecular formula is C11H21NO2S. The summed E-state index contributed by atoms with van der Waals surface area (Å²) in [6.45, 7) is 7.76. The number of carboxylic acid groups (broad SMARTS) is 1. The smallest absolute Gasteiger partial charge is 0.325 e. The average Bonchev–Trinajstić information content (AvgIpc) is 2.22. The lowest BCUT2D eigenvalue weighted by Crippen LogP contribution is -2.61. The molecule has 1 aliphatic rings. The van der Waals surface area contributed by atoms with Crippen molar-refractivity contribution in [3.63, 3.8) is 0 Å². The minimum atomic E-state index is -0.647. The van der Waals surface area contributed by atoms with Gasteiger partial charge in [-0.3, -0.25) is 9.69 Å². The van der Waals surface area contributed by atoms with Crippen LogP contribution in [0.2, 0.25) is 0 Å². The zero-order chi connectivity index (χ0) is 11.5. The molecule has 1 N–H and O–H groups in total. The SMILES string of the molecule is CCN(CC)C1(C(=O)O)CCCSC1C. The van der Waals surface area contributed by atoms with Crippen LogP contribution in [0.25, 0.3) is 0 Å². The Labute approximate surface area is 96.2 Å². The van der Waals surface area contributed by atoms with E-state index >= 15 is 0 Å². The van der Waals surface area contributed by atoms with Crippen LogP contribution in [-0.4, -0.2) is 45.6 Å². The predicted molar refractivity (Wildman–Crippen MR) is 64.4 cm³/mol. The van der Waals surface area contributed by atoms with Gasteiger partial charge in [0.1, 0.15) is 5.54 Å². The molecule has 1 heterocycles. The van der Waals surface area contributed by atoms with Gasteiger partial charge in [0.05, 0.1) is 0 Å². The summed E-state index contributed by atoms with van der Waals surface area (Å²) >= 11 is 1.79. The summed E-state index contributed by atoms with van der Waals surface area (Å²) in [5, 5.41) is 9.72. The number of carboxylic acids is 1. The molecular weight excluding hydrogens is 210 g/mol. The summed E-state index contributed by atoms with van der Waals surface area (Å²) in [5.74, 6) is 0.447. The number of hydrogen-bond donors (Lipinski definition) is 1. The fourth-order valence-electron chi connectivity index (χ4n) is 2.56. The highest BCUT2D eigenvalue weighted by molar-refractivity contribution is 8.00. The first-order valence-electron chi connectivity index (χ1n) is 5.69. The minimum Gasteiger partial charge on any atom is -0.480 e. The van der Waals surface area contributed by atoms with Gasteiger partial charge < -0.3 is 5.11 Å². The van der Waals surface area contributed by atoms with Crippen molar-refractivity contribution in [1.29, 1.82) is 0 Å². The van der Waals surface area contributed by atoms with E-state index < -0.39 is 11.5 Å². The molecule has 2 unspecified atom stereocenters. The molecule has 0 aromatic carbocycles. The third-order valence-electron chi connectivity index (χ3n) is 3.44. The minimum absolute atomic E-state index is 0.184. The summed E-state index contributed by atoms with van der Waals surface area (Å²) in [4.78, 5) is 13.7. The first-order chi connectivity index (χ1) is 7.09. The molecule has 1 fully saturated rings. The van der Waals surface area contributed by atoms with Crippen molar-refractivity contribution in [2.75, 3.05) is 18.8 Å². The van der Waals surface area contributed by atoms with Gasteiger partial charge in [-0.1, -0.05) is 20.8 Å². The molecule has 15 heavy (non-hydrogen) atoms. The molecule has 3 nitrogen and oxygen atoms in total. The number of nitrogens with zero attached hydrogens (tertiary/aromatic N) is 1. The van der Waals surface area contributed by atoms with Crippen LogP contribution in [-0.2, 0) is 4.79 Å². The van der Waals surface area contributed by atoms with Gasteiger partial charge in [0.15, 0.2) is 0 Å². The van der Waals surface area contributed by atoms with Gasteiger partial charge in [-0.25, -0.2) is 0 Å². The zero-order valence-corrected chi connectivity index (χ0v) is 10.6. The maximum Gasteiger partial charge on any atom is 0.325 e. The summed E-state index contributed by atoms with van der Waals surface area (Å²) in [6, 6.07) is 0. The van der Waals surface area contributed by atoms with Gasteiger partial charge in [-0.15, -0.1) is 0 Å². The van der Waals surface area contributed by atoms with Crippen molar-refractivity contribution in [2.45, 2.75) is 44.4 Å². The Hall–Kier alpha value is -0.220. The second-order valence-electron chi connectivity index (χ2n) is 4.02. The molecule has 1 saturated heterocycles. The maximum atomic E-state index is 11.6. The predicted octanol–water partition coefficient (Wildman–Crippen LogP) is 2.07. The van der Waals surface area contributed by atoms with E-state index in [4.69, 9.17) is 0 Å². The first kappa shape index (κ1) is 12.8. The van der Waals surface area contributed by atoms with Gasteiger partial charge in [-0.2, -0.15) is 11.8 Å². The molecule has 4 heteroatoms. The largest absolute Gasteiger partial charge is 0.480 e. The Bertz CT molecular complexity index is 231. The van der Waals surface area contributed by atoms with Crippen LogP contribution >= 0.6 is 11.8 Å². The van der Waals surface area contributed by atoms with E-state index in [1.165, 1.54) is 0 Å². The third-order valence-corrected chi connectivity index (χ3v) is 4.86. The van der Waals surface area contributed by atoms with Crippen LogP contribution in [0.5, 0.6) is 0 Å². The Kier molecular flexibility index (Phi) is 4.46.